The Kier molecular flexibility index (Phi) is 10.2. The lowest BCUT2D eigenvalue weighted by Crippen LogP contribution is -2.57. The van der Waals surface area contributed by atoms with Crippen LogP contribution in [0.5, 0.6) is 0 Å². The van der Waals surface area contributed by atoms with Crippen LogP contribution in [0.2, 0.25) is 0 Å². The molecule has 0 aromatic heterocycles. The summed E-state index contributed by atoms with van der Waals surface area (Å²) in [6.45, 7) is 4.05. The van der Waals surface area contributed by atoms with Gasteiger partial charge in [0.2, 0.25) is 17.7 Å². The first-order valence-electron chi connectivity index (χ1n) is 11.6. The number of hydrogen-bond acceptors (Lipinski definition) is 6. The number of carboxylic acids is 2. The Morgan fingerprint density at radius 1 is 1.06 bits per heavy atom. The first-order valence-corrected chi connectivity index (χ1v) is 11.6. The van der Waals surface area contributed by atoms with Crippen LogP contribution in [0, 0.1) is 5.92 Å². The topological polar surface area (TPSA) is 179 Å². The van der Waals surface area contributed by atoms with Gasteiger partial charge in [0, 0.05) is 6.54 Å². The molecule has 11 heteroatoms. The molecule has 4 atom stereocenters. The summed E-state index contributed by atoms with van der Waals surface area (Å²) in [6, 6.07) is 4.90. The van der Waals surface area contributed by atoms with Gasteiger partial charge in [0.15, 0.2) is 0 Å². The molecular formula is C24H34N4O7. The Labute approximate surface area is 204 Å². The van der Waals surface area contributed by atoms with Gasteiger partial charge in [-0.2, -0.15) is 0 Å². The first kappa shape index (κ1) is 27.8. The number of likely N-dealkylation sites (tertiary alicyclic amines) is 1. The van der Waals surface area contributed by atoms with E-state index < -0.39 is 60.2 Å². The molecule has 192 valence electrons. The third kappa shape index (κ3) is 8.36. The zero-order chi connectivity index (χ0) is 26.1. The Bertz CT molecular complexity index is 922. The van der Waals surface area contributed by atoms with Crippen molar-refractivity contribution >= 4 is 29.7 Å². The Morgan fingerprint density at radius 2 is 1.71 bits per heavy atom. The van der Waals surface area contributed by atoms with Gasteiger partial charge in [0.05, 0.1) is 12.5 Å². The number of hydrogen-bond donors (Lipinski definition) is 5. The van der Waals surface area contributed by atoms with Crippen molar-refractivity contribution in [2.75, 3.05) is 6.54 Å². The quantitative estimate of drug-likeness (QED) is 0.274. The number of carbonyl (C=O) groups is 5. The molecule has 0 bridgehead atoms. The van der Waals surface area contributed by atoms with Gasteiger partial charge in [-0.3, -0.25) is 19.2 Å². The molecule has 3 amide bonds. The van der Waals surface area contributed by atoms with Crippen LogP contribution in [0.25, 0.3) is 0 Å². The lowest BCUT2D eigenvalue weighted by atomic mass is 10.0. The number of nitrogens with zero attached hydrogens (tertiary/aromatic N) is 1. The molecule has 0 spiro atoms. The predicted octanol–water partition coefficient (Wildman–Crippen LogP) is 0.122. The number of nitrogens with one attached hydrogen (secondary N) is 2. The minimum absolute atomic E-state index is 0.0523. The van der Waals surface area contributed by atoms with Crippen LogP contribution in [0.1, 0.15) is 45.1 Å². The smallest absolute Gasteiger partial charge is 0.326 e. The Balaban J connectivity index is 2.10. The largest absolute Gasteiger partial charge is 0.481 e. The molecule has 0 saturated carbocycles. The van der Waals surface area contributed by atoms with Gasteiger partial charge >= 0.3 is 11.9 Å². The molecule has 1 aromatic carbocycles. The maximum atomic E-state index is 13.4. The van der Waals surface area contributed by atoms with E-state index in [2.05, 4.69) is 10.6 Å². The van der Waals surface area contributed by atoms with Gasteiger partial charge in [-0.05, 0) is 37.2 Å². The molecule has 11 nitrogen and oxygen atoms in total. The highest BCUT2D eigenvalue weighted by Crippen LogP contribution is 2.21. The number of nitrogens with two attached hydrogens (primary N) is 1. The van der Waals surface area contributed by atoms with Crippen LogP contribution < -0.4 is 16.4 Å². The molecule has 1 heterocycles. The molecule has 2 rings (SSSR count). The highest BCUT2D eigenvalue weighted by Gasteiger charge is 2.39. The van der Waals surface area contributed by atoms with Crippen molar-refractivity contribution in [3.05, 3.63) is 35.9 Å². The van der Waals surface area contributed by atoms with Gasteiger partial charge in [0.1, 0.15) is 18.1 Å². The summed E-state index contributed by atoms with van der Waals surface area (Å²) >= 11 is 0. The minimum Gasteiger partial charge on any atom is -0.481 e. The highest BCUT2D eigenvalue weighted by molar-refractivity contribution is 5.95. The van der Waals surface area contributed by atoms with Gasteiger partial charge in [-0.15, -0.1) is 0 Å². The van der Waals surface area contributed by atoms with E-state index in [4.69, 9.17) is 10.8 Å². The average molecular weight is 491 g/mol. The summed E-state index contributed by atoms with van der Waals surface area (Å²) in [4.78, 5) is 62.5. The van der Waals surface area contributed by atoms with E-state index in [1.54, 1.807) is 0 Å². The number of benzene rings is 1. The summed E-state index contributed by atoms with van der Waals surface area (Å²) in [5, 5.41) is 23.1. The molecule has 1 aromatic rings. The van der Waals surface area contributed by atoms with E-state index in [9.17, 15) is 29.1 Å². The lowest BCUT2D eigenvalue weighted by molar-refractivity contribution is -0.148. The van der Waals surface area contributed by atoms with E-state index in [-0.39, 0.29) is 12.5 Å². The van der Waals surface area contributed by atoms with Crippen LogP contribution in [0.15, 0.2) is 30.3 Å². The number of amides is 3. The van der Waals surface area contributed by atoms with Gasteiger partial charge in [-0.25, -0.2) is 4.79 Å². The normalized spacial score (nSPS) is 17.9. The second kappa shape index (κ2) is 12.8. The molecule has 1 fully saturated rings. The second-order valence-electron chi connectivity index (χ2n) is 9.17. The third-order valence-corrected chi connectivity index (χ3v) is 5.79. The van der Waals surface area contributed by atoms with Crippen molar-refractivity contribution in [1.82, 2.24) is 15.5 Å². The number of carboxylic acid groups (broad SMARTS) is 2. The fraction of sp³-hybridized carbons (Fsp3) is 0.542. The van der Waals surface area contributed by atoms with Crippen LogP contribution in [-0.2, 0) is 30.4 Å². The third-order valence-electron chi connectivity index (χ3n) is 5.79. The van der Waals surface area contributed by atoms with Crippen molar-refractivity contribution in [2.24, 2.45) is 11.7 Å². The van der Waals surface area contributed by atoms with E-state index in [0.717, 1.165) is 5.56 Å². The molecule has 0 aliphatic carbocycles. The highest BCUT2D eigenvalue weighted by atomic mass is 16.4. The van der Waals surface area contributed by atoms with E-state index in [1.807, 2.05) is 44.2 Å². The zero-order valence-corrected chi connectivity index (χ0v) is 20.0. The van der Waals surface area contributed by atoms with Crippen molar-refractivity contribution in [3.63, 3.8) is 0 Å². The van der Waals surface area contributed by atoms with Gasteiger partial charge in [-0.1, -0.05) is 44.2 Å². The molecule has 0 radical (unpaired) electrons. The standard InChI is InChI=1S/C24H34N4O7/c1-14(2)11-17(26-21(31)16(25)12-15-7-4-3-5-8-15)23(33)28-10-6-9-19(28)22(32)27-18(24(34)35)13-20(29)30/h3-5,7-8,14,16-19H,6,9-13,25H2,1-2H3,(H,26,31)(H,27,32)(H,29,30)(H,34,35). The predicted molar refractivity (Wildman–Crippen MR) is 126 cm³/mol. The van der Waals surface area contributed by atoms with Crippen molar-refractivity contribution < 1.29 is 34.2 Å². The fourth-order valence-corrected chi connectivity index (χ4v) is 4.08. The summed E-state index contributed by atoms with van der Waals surface area (Å²) in [5.74, 6) is -4.48. The summed E-state index contributed by atoms with van der Waals surface area (Å²) in [5.41, 5.74) is 6.96. The summed E-state index contributed by atoms with van der Waals surface area (Å²) < 4.78 is 0. The van der Waals surface area contributed by atoms with Gasteiger partial charge in [0.25, 0.3) is 0 Å². The maximum absolute atomic E-state index is 13.4. The molecular weight excluding hydrogens is 456 g/mol. The van der Waals surface area contributed by atoms with Crippen LogP contribution in [0.4, 0.5) is 0 Å². The molecule has 35 heavy (non-hydrogen) atoms. The number of aliphatic carboxylic acids is 2. The lowest BCUT2D eigenvalue weighted by Gasteiger charge is -2.30. The number of rotatable bonds is 12. The average Bonchev–Trinajstić information content (AvgIpc) is 3.27. The molecule has 1 saturated heterocycles. The summed E-state index contributed by atoms with van der Waals surface area (Å²) in [7, 11) is 0. The van der Waals surface area contributed by atoms with Crippen LogP contribution >= 0.6 is 0 Å². The van der Waals surface area contributed by atoms with E-state index in [0.29, 0.717) is 25.7 Å². The molecule has 1 aliphatic heterocycles. The Morgan fingerprint density at radius 3 is 2.29 bits per heavy atom. The molecule has 6 N–H and O–H groups in total. The van der Waals surface area contributed by atoms with Crippen LogP contribution in [0.3, 0.4) is 0 Å². The van der Waals surface area contributed by atoms with Crippen LogP contribution in [-0.4, -0.2) is 75.5 Å². The maximum Gasteiger partial charge on any atom is 0.326 e. The Hall–Kier alpha value is -3.47. The second-order valence-corrected chi connectivity index (χ2v) is 9.17. The minimum atomic E-state index is -1.61. The zero-order valence-electron chi connectivity index (χ0n) is 20.0. The first-order chi connectivity index (χ1) is 16.5. The summed E-state index contributed by atoms with van der Waals surface area (Å²) in [6.07, 6.45) is 0.644. The van der Waals surface area contributed by atoms with Crippen molar-refractivity contribution in [2.45, 2.75) is 70.1 Å². The van der Waals surface area contributed by atoms with Gasteiger partial charge < -0.3 is 31.5 Å². The SMILES string of the molecule is CC(C)CC(NC(=O)C(N)Cc1ccccc1)C(=O)N1CCCC1C(=O)NC(CC(=O)O)C(=O)O. The van der Waals surface area contributed by atoms with Crippen molar-refractivity contribution in [1.29, 1.82) is 0 Å². The molecule has 1 aliphatic rings. The molecule has 4 unspecified atom stereocenters. The van der Waals surface area contributed by atoms with E-state index >= 15 is 0 Å². The van der Waals surface area contributed by atoms with Crippen molar-refractivity contribution in [3.8, 4) is 0 Å². The van der Waals surface area contributed by atoms with E-state index in [1.165, 1.54) is 4.90 Å². The fourth-order valence-electron chi connectivity index (χ4n) is 4.08. The number of carbonyl (C=O) groups excluding carboxylic acids is 3. The monoisotopic (exact) mass is 490 g/mol.